The van der Waals surface area contributed by atoms with Crippen molar-refractivity contribution in [1.29, 1.82) is 0 Å². The normalized spacial score (nSPS) is 17.5. The van der Waals surface area contributed by atoms with E-state index in [0.29, 0.717) is 39.9 Å². The molecule has 3 aromatic heterocycles. The van der Waals surface area contributed by atoms with Crippen molar-refractivity contribution in [1.82, 2.24) is 15.0 Å². The number of nitrogens with one attached hydrogen (secondary N) is 2. The van der Waals surface area contributed by atoms with E-state index in [1.165, 1.54) is 0 Å². The summed E-state index contributed by atoms with van der Waals surface area (Å²) in [5.41, 5.74) is 8.19. The lowest BCUT2D eigenvalue weighted by atomic mass is 10.0. The fourth-order valence-corrected chi connectivity index (χ4v) is 3.61. The van der Waals surface area contributed by atoms with E-state index in [-0.39, 0.29) is 11.8 Å². The molecule has 0 saturated heterocycles. The first-order valence-electron chi connectivity index (χ1n) is 10.8. The molecule has 0 aromatic carbocycles. The lowest BCUT2D eigenvalue weighted by Gasteiger charge is -2.20. The molecule has 1 aliphatic rings. The molecule has 33 heavy (non-hydrogen) atoms. The van der Waals surface area contributed by atoms with Gasteiger partial charge in [-0.2, -0.15) is 0 Å². The van der Waals surface area contributed by atoms with Crippen LogP contribution in [0, 0.1) is 18.8 Å². The molecule has 2 atom stereocenters. The Morgan fingerprint density at radius 3 is 2.55 bits per heavy atom. The summed E-state index contributed by atoms with van der Waals surface area (Å²) in [6, 6.07) is 3.65. The number of nitrogens with two attached hydrogens (primary N) is 1. The zero-order chi connectivity index (χ0) is 23.9. The summed E-state index contributed by atoms with van der Waals surface area (Å²) in [6.07, 6.45) is 5.18. The van der Waals surface area contributed by atoms with Crippen molar-refractivity contribution in [2.75, 3.05) is 16.4 Å². The first-order chi connectivity index (χ1) is 15.5. The molecular formula is C24H28N6O3. The lowest BCUT2D eigenvalue weighted by molar-refractivity contribution is -0.117. The standard InChI is InChI=1S/C24H28N6O3/c1-12-6-15(12)22(31)30-20-8-14-7-18(28-21(25)17(14)10-27-20)16-9-26-11-19(13(16)2)29-23(32)33-24(3,4)5/h7-12,15H,6H2,1-5H3,(H2,25,28)(H,29,32)(H,27,30,31)/t12-,15-/m0/s1. The summed E-state index contributed by atoms with van der Waals surface area (Å²) in [4.78, 5) is 37.6. The minimum absolute atomic E-state index is 0.0161. The molecule has 3 aromatic rings. The van der Waals surface area contributed by atoms with Crippen molar-refractivity contribution in [2.45, 2.75) is 46.6 Å². The summed E-state index contributed by atoms with van der Waals surface area (Å²) >= 11 is 0. The van der Waals surface area contributed by atoms with Gasteiger partial charge in [0.15, 0.2) is 0 Å². The molecule has 4 N–H and O–H groups in total. The molecule has 0 unspecified atom stereocenters. The highest BCUT2D eigenvalue weighted by Crippen LogP contribution is 2.38. The summed E-state index contributed by atoms with van der Waals surface area (Å²) in [5, 5.41) is 7.09. The molecule has 1 fully saturated rings. The second-order valence-electron chi connectivity index (χ2n) is 9.48. The molecule has 2 amide bonds. The van der Waals surface area contributed by atoms with Crippen LogP contribution >= 0.6 is 0 Å². The molecular weight excluding hydrogens is 420 g/mol. The lowest BCUT2D eigenvalue weighted by Crippen LogP contribution is -2.27. The number of hydrogen-bond donors (Lipinski definition) is 3. The van der Waals surface area contributed by atoms with Gasteiger partial charge in [0.25, 0.3) is 0 Å². The Kier molecular flexibility index (Phi) is 5.65. The zero-order valence-electron chi connectivity index (χ0n) is 19.4. The third-order valence-electron chi connectivity index (χ3n) is 5.57. The topological polar surface area (TPSA) is 132 Å². The number of fused-ring (bicyclic) bond motifs is 1. The van der Waals surface area contributed by atoms with Gasteiger partial charge in [-0.05, 0) is 63.1 Å². The van der Waals surface area contributed by atoms with Crippen LogP contribution in [0.15, 0.2) is 30.7 Å². The summed E-state index contributed by atoms with van der Waals surface area (Å²) < 4.78 is 5.34. The molecule has 172 valence electrons. The van der Waals surface area contributed by atoms with E-state index >= 15 is 0 Å². The van der Waals surface area contributed by atoms with Gasteiger partial charge in [-0.3, -0.25) is 15.1 Å². The second-order valence-corrected chi connectivity index (χ2v) is 9.48. The van der Waals surface area contributed by atoms with E-state index in [9.17, 15) is 9.59 Å². The second kappa shape index (κ2) is 8.31. The number of carbonyl (C=O) groups excluding carboxylic acids is 2. The van der Waals surface area contributed by atoms with Crippen LogP contribution in [0.4, 0.5) is 22.1 Å². The van der Waals surface area contributed by atoms with Crippen molar-refractivity contribution in [3.05, 3.63) is 36.3 Å². The van der Waals surface area contributed by atoms with E-state index < -0.39 is 11.7 Å². The maximum atomic E-state index is 12.3. The van der Waals surface area contributed by atoms with Crippen LogP contribution in [0.1, 0.15) is 39.7 Å². The van der Waals surface area contributed by atoms with Gasteiger partial charge in [0, 0.05) is 29.3 Å². The Morgan fingerprint density at radius 1 is 1.15 bits per heavy atom. The number of ether oxygens (including phenoxy) is 1. The third kappa shape index (κ3) is 5.02. The number of aromatic nitrogens is 3. The molecule has 0 spiro atoms. The van der Waals surface area contributed by atoms with Gasteiger partial charge >= 0.3 is 6.09 Å². The number of nitrogens with zero attached hydrogens (tertiary/aromatic N) is 3. The van der Waals surface area contributed by atoms with Crippen LogP contribution in [0.5, 0.6) is 0 Å². The van der Waals surface area contributed by atoms with E-state index in [0.717, 1.165) is 17.4 Å². The monoisotopic (exact) mass is 448 g/mol. The van der Waals surface area contributed by atoms with Crippen molar-refractivity contribution < 1.29 is 14.3 Å². The van der Waals surface area contributed by atoms with Crippen LogP contribution in [0.3, 0.4) is 0 Å². The largest absolute Gasteiger partial charge is 0.444 e. The van der Waals surface area contributed by atoms with Gasteiger partial charge in [0.1, 0.15) is 17.2 Å². The van der Waals surface area contributed by atoms with Crippen LogP contribution in [0.25, 0.3) is 22.0 Å². The Hall–Kier alpha value is -3.75. The molecule has 9 heteroatoms. The van der Waals surface area contributed by atoms with E-state index in [2.05, 4.69) is 32.5 Å². The molecule has 0 bridgehead atoms. The fourth-order valence-electron chi connectivity index (χ4n) is 3.61. The fraction of sp³-hybridized carbons (Fsp3) is 0.375. The highest BCUT2D eigenvalue weighted by Gasteiger charge is 2.39. The zero-order valence-corrected chi connectivity index (χ0v) is 19.4. The molecule has 0 radical (unpaired) electrons. The van der Waals surface area contributed by atoms with E-state index in [1.54, 1.807) is 45.4 Å². The van der Waals surface area contributed by atoms with E-state index in [4.69, 9.17) is 10.5 Å². The van der Waals surface area contributed by atoms with Crippen LogP contribution in [-0.4, -0.2) is 32.6 Å². The highest BCUT2D eigenvalue weighted by atomic mass is 16.6. The summed E-state index contributed by atoms with van der Waals surface area (Å²) in [6.45, 7) is 9.31. The third-order valence-corrected chi connectivity index (χ3v) is 5.57. The molecule has 1 saturated carbocycles. The predicted molar refractivity (Wildman–Crippen MR) is 128 cm³/mol. The quantitative estimate of drug-likeness (QED) is 0.534. The molecule has 3 heterocycles. The highest BCUT2D eigenvalue weighted by molar-refractivity contribution is 5.98. The summed E-state index contributed by atoms with van der Waals surface area (Å²) in [7, 11) is 0. The van der Waals surface area contributed by atoms with Crippen molar-refractivity contribution in [3.8, 4) is 11.3 Å². The number of hydrogen-bond acceptors (Lipinski definition) is 7. The summed E-state index contributed by atoms with van der Waals surface area (Å²) in [5.74, 6) is 1.23. The van der Waals surface area contributed by atoms with Gasteiger partial charge in [-0.1, -0.05) is 6.92 Å². The van der Waals surface area contributed by atoms with Gasteiger partial charge in [-0.25, -0.2) is 14.8 Å². The van der Waals surface area contributed by atoms with Crippen molar-refractivity contribution >= 4 is 40.1 Å². The molecule has 1 aliphatic carbocycles. The smallest absolute Gasteiger partial charge is 0.412 e. The number of nitrogen functional groups attached to an aromatic ring is 1. The molecule has 4 rings (SSSR count). The van der Waals surface area contributed by atoms with Gasteiger partial charge < -0.3 is 15.8 Å². The Labute approximate surface area is 192 Å². The number of carbonyl (C=O) groups is 2. The minimum Gasteiger partial charge on any atom is -0.444 e. The first-order valence-corrected chi connectivity index (χ1v) is 10.8. The maximum absolute atomic E-state index is 12.3. The predicted octanol–water partition coefficient (Wildman–Crippen LogP) is 4.52. The van der Waals surface area contributed by atoms with Gasteiger partial charge in [0.05, 0.1) is 17.6 Å². The number of anilines is 3. The van der Waals surface area contributed by atoms with Crippen LogP contribution in [0.2, 0.25) is 0 Å². The maximum Gasteiger partial charge on any atom is 0.412 e. The number of pyridine rings is 3. The van der Waals surface area contributed by atoms with E-state index in [1.807, 2.05) is 13.0 Å². The van der Waals surface area contributed by atoms with Crippen molar-refractivity contribution in [3.63, 3.8) is 0 Å². The average molecular weight is 449 g/mol. The van der Waals surface area contributed by atoms with Gasteiger partial charge in [0.2, 0.25) is 5.91 Å². The molecule has 0 aliphatic heterocycles. The minimum atomic E-state index is -0.615. The molecule has 9 nitrogen and oxygen atoms in total. The van der Waals surface area contributed by atoms with Gasteiger partial charge in [-0.15, -0.1) is 0 Å². The Balaban J connectivity index is 1.65. The average Bonchev–Trinajstić information content (AvgIpc) is 3.44. The Morgan fingerprint density at radius 2 is 1.88 bits per heavy atom. The SMILES string of the molecule is Cc1c(NC(=O)OC(C)(C)C)cncc1-c1cc2cc(NC(=O)[C@H]3C[C@@H]3C)ncc2c(N)n1. The van der Waals surface area contributed by atoms with Crippen LogP contribution in [-0.2, 0) is 9.53 Å². The number of amides is 2. The van der Waals surface area contributed by atoms with Crippen LogP contribution < -0.4 is 16.4 Å². The first kappa shape index (κ1) is 22.4. The Bertz CT molecular complexity index is 1250. The number of rotatable bonds is 4. The van der Waals surface area contributed by atoms with Crippen molar-refractivity contribution in [2.24, 2.45) is 11.8 Å².